The number of pyridine rings is 1. The van der Waals surface area contributed by atoms with Gasteiger partial charge in [-0.25, -0.2) is 9.78 Å². The number of nitrogens with zero attached hydrogens (tertiary/aromatic N) is 3. The second kappa shape index (κ2) is 7.06. The fraction of sp³-hybridized carbons (Fsp3) is 0.421. The molecule has 28 heavy (non-hydrogen) atoms. The van der Waals surface area contributed by atoms with Gasteiger partial charge in [0, 0.05) is 37.8 Å². The Labute approximate surface area is 160 Å². The number of H-pyrrole nitrogens is 2. The summed E-state index contributed by atoms with van der Waals surface area (Å²) >= 11 is 0. The van der Waals surface area contributed by atoms with Gasteiger partial charge in [0.05, 0.1) is 10.9 Å². The van der Waals surface area contributed by atoms with Crippen LogP contribution in [0.1, 0.15) is 36.0 Å². The number of carbonyl (C=O) groups is 2. The van der Waals surface area contributed by atoms with E-state index >= 15 is 0 Å². The van der Waals surface area contributed by atoms with Crippen LogP contribution in [0, 0.1) is 0 Å². The normalized spacial score (nSPS) is 21.6. The minimum atomic E-state index is -0.640. The molecule has 0 aliphatic carbocycles. The molecule has 4 heterocycles. The molecule has 2 bridgehead atoms. The second-order valence-electron chi connectivity index (χ2n) is 7.27. The molecule has 0 saturated carbocycles. The Balaban J connectivity index is 1.64. The summed E-state index contributed by atoms with van der Waals surface area (Å²) in [5.41, 5.74) is -0.780. The summed E-state index contributed by atoms with van der Waals surface area (Å²) in [7, 11) is 0. The van der Waals surface area contributed by atoms with E-state index in [1.807, 2.05) is 9.80 Å². The highest BCUT2D eigenvalue weighted by Crippen LogP contribution is 2.30. The molecule has 2 amide bonds. The lowest BCUT2D eigenvalue weighted by Gasteiger charge is -2.50. The molecular formula is C19H21N5O4. The third-order valence-electron chi connectivity index (χ3n) is 5.47. The third kappa shape index (κ3) is 3.12. The Morgan fingerprint density at radius 1 is 1.21 bits per heavy atom. The predicted molar refractivity (Wildman–Crippen MR) is 102 cm³/mol. The Bertz CT molecular complexity index is 1060. The standard InChI is InChI=1S/C19H21N5O4/c1-2-4-15(25)23-9-12-5-3-6-13(10-23)24(12)18(27)11-7-14-16(20-8-11)21-19(28)22-17(14)26/h2,7-8,12-13H,1,3-6,9-10H2,(H2,20,21,22,26,28). The molecule has 2 atom stereocenters. The number of hydrogen-bond donors (Lipinski definition) is 2. The molecule has 146 valence electrons. The van der Waals surface area contributed by atoms with E-state index in [1.54, 1.807) is 6.08 Å². The SMILES string of the molecule is C=CCC(=O)N1CC2CCCC(C1)N2C(=O)c1cnc2[nH]c(=O)[nH]c(=O)c2c1. The van der Waals surface area contributed by atoms with E-state index in [-0.39, 0.29) is 34.9 Å². The number of aromatic nitrogens is 3. The van der Waals surface area contributed by atoms with Gasteiger partial charge in [-0.1, -0.05) is 6.08 Å². The number of rotatable bonds is 3. The van der Waals surface area contributed by atoms with Crippen LogP contribution in [0.15, 0.2) is 34.5 Å². The highest BCUT2D eigenvalue weighted by Gasteiger charge is 2.41. The van der Waals surface area contributed by atoms with Crippen molar-refractivity contribution in [1.29, 1.82) is 0 Å². The maximum absolute atomic E-state index is 13.2. The van der Waals surface area contributed by atoms with Crippen LogP contribution in [-0.2, 0) is 4.79 Å². The van der Waals surface area contributed by atoms with E-state index in [0.717, 1.165) is 19.3 Å². The summed E-state index contributed by atoms with van der Waals surface area (Å²) in [5.74, 6) is -0.174. The van der Waals surface area contributed by atoms with E-state index in [2.05, 4.69) is 21.5 Å². The summed E-state index contributed by atoms with van der Waals surface area (Å²) < 4.78 is 0. The highest BCUT2D eigenvalue weighted by molar-refractivity contribution is 5.97. The Kier molecular flexibility index (Phi) is 4.58. The van der Waals surface area contributed by atoms with E-state index in [1.165, 1.54) is 12.3 Å². The molecule has 9 nitrogen and oxygen atoms in total. The van der Waals surface area contributed by atoms with Gasteiger partial charge in [-0.05, 0) is 25.3 Å². The van der Waals surface area contributed by atoms with Crippen molar-refractivity contribution >= 4 is 22.8 Å². The van der Waals surface area contributed by atoms with Crippen LogP contribution in [0.4, 0.5) is 0 Å². The number of nitrogens with one attached hydrogen (secondary N) is 2. The lowest BCUT2D eigenvalue weighted by Crippen LogP contribution is -2.63. The molecule has 4 rings (SSSR count). The number of likely N-dealkylation sites (tertiary alicyclic amines) is 1. The molecule has 2 saturated heterocycles. The maximum Gasteiger partial charge on any atom is 0.327 e. The number of carbonyl (C=O) groups excluding carboxylic acids is 2. The quantitative estimate of drug-likeness (QED) is 0.743. The predicted octanol–water partition coefficient (Wildman–Crippen LogP) is 0.393. The molecule has 2 unspecified atom stereocenters. The van der Waals surface area contributed by atoms with Crippen LogP contribution in [0.25, 0.3) is 11.0 Å². The fourth-order valence-electron chi connectivity index (χ4n) is 4.21. The summed E-state index contributed by atoms with van der Waals surface area (Å²) in [6.07, 6.45) is 5.94. The molecular weight excluding hydrogens is 362 g/mol. The first-order valence-electron chi connectivity index (χ1n) is 9.31. The lowest BCUT2D eigenvalue weighted by molar-refractivity contribution is -0.135. The average molecular weight is 383 g/mol. The van der Waals surface area contributed by atoms with E-state index in [9.17, 15) is 19.2 Å². The van der Waals surface area contributed by atoms with E-state index in [0.29, 0.717) is 25.1 Å². The van der Waals surface area contributed by atoms with Crippen molar-refractivity contribution in [1.82, 2.24) is 24.8 Å². The second-order valence-corrected chi connectivity index (χ2v) is 7.27. The van der Waals surface area contributed by atoms with Crippen molar-refractivity contribution in [3.63, 3.8) is 0 Å². The van der Waals surface area contributed by atoms with Gasteiger partial charge in [0.15, 0.2) is 0 Å². The first-order valence-corrected chi connectivity index (χ1v) is 9.31. The zero-order chi connectivity index (χ0) is 19.8. The van der Waals surface area contributed by atoms with Crippen LogP contribution in [0.2, 0.25) is 0 Å². The maximum atomic E-state index is 13.2. The number of hydrogen-bond acceptors (Lipinski definition) is 5. The molecule has 2 aromatic heterocycles. The van der Waals surface area contributed by atoms with E-state index < -0.39 is 11.2 Å². The van der Waals surface area contributed by atoms with Crippen LogP contribution < -0.4 is 11.2 Å². The molecule has 0 radical (unpaired) electrons. The largest absolute Gasteiger partial charge is 0.338 e. The van der Waals surface area contributed by atoms with Crippen LogP contribution in [0.5, 0.6) is 0 Å². The van der Waals surface area contributed by atoms with Gasteiger partial charge in [-0.2, -0.15) is 0 Å². The molecule has 2 fully saturated rings. The summed E-state index contributed by atoms with van der Waals surface area (Å²) in [6.45, 7) is 4.63. The minimum absolute atomic E-state index is 0.0295. The molecule has 2 aliphatic rings. The van der Waals surface area contributed by atoms with Crippen LogP contribution in [0.3, 0.4) is 0 Å². The van der Waals surface area contributed by atoms with Crippen molar-refractivity contribution in [3.8, 4) is 0 Å². The highest BCUT2D eigenvalue weighted by atomic mass is 16.2. The Hall–Kier alpha value is -3.23. The minimum Gasteiger partial charge on any atom is -0.338 e. The zero-order valence-corrected chi connectivity index (χ0v) is 15.3. The van der Waals surface area contributed by atoms with Crippen molar-refractivity contribution in [3.05, 3.63) is 51.3 Å². The number of piperazine rings is 1. The number of fused-ring (bicyclic) bond motifs is 3. The molecule has 0 aromatic carbocycles. The smallest absolute Gasteiger partial charge is 0.327 e. The molecule has 0 spiro atoms. The molecule has 2 N–H and O–H groups in total. The van der Waals surface area contributed by atoms with Gasteiger partial charge < -0.3 is 9.80 Å². The topological polar surface area (TPSA) is 119 Å². The summed E-state index contributed by atoms with van der Waals surface area (Å²) in [4.78, 5) is 61.2. The zero-order valence-electron chi connectivity index (χ0n) is 15.3. The Morgan fingerprint density at radius 2 is 1.93 bits per heavy atom. The number of amides is 2. The lowest BCUT2D eigenvalue weighted by atomic mass is 9.90. The first-order chi connectivity index (χ1) is 13.5. The molecule has 2 aromatic rings. The van der Waals surface area contributed by atoms with Crippen LogP contribution >= 0.6 is 0 Å². The van der Waals surface area contributed by atoms with Crippen molar-refractivity contribution in [2.45, 2.75) is 37.8 Å². The van der Waals surface area contributed by atoms with Gasteiger partial charge in [0.25, 0.3) is 11.5 Å². The average Bonchev–Trinajstić information content (AvgIpc) is 2.66. The molecule has 2 aliphatic heterocycles. The number of piperidine rings is 1. The van der Waals surface area contributed by atoms with Gasteiger partial charge in [-0.3, -0.25) is 24.4 Å². The summed E-state index contributed by atoms with van der Waals surface area (Å²) in [5, 5.41) is 0.162. The van der Waals surface area contributed by atoms with Gasteiger partial charge in [0.1, 0.15) is 5.65 Å². The number of aromatic amines is 2. The van der Waals surface area contributed by atoms with Crippen molar-refractivity contribution < 1.29 is 9.59 Å². The summed E-state index contributed by atoms with van der Waals surface area (Å²) in [6, 6.07) is 1.35. The fourth-order valence-corrected chi connectivity index (χ4v) is 4.21. The Morgan fingerprint density at radius 3 is 2.61 bits per heavy atom. The first kappa shape index (κ1) is 18.1. The van der Waals surface area contributed by atoms with Crippen LogP contribution in [-0.4, -0.2) is 61.7 Å². The van der Waals surface area contributed by atoms with Gasteiger partial charge >= 0.3 is 5.69 Å². The monoisotopic (exact) mass is 383 g/mol. The molecule has 9 heteroatoms. The third-order valence-corrected chi connectivity index (χ3v) is 5.47. The van der Waals surface area contributed by atoms with Crippen molar-refractivity contribution in [2.75, 3.05) is 13.1 Å². The van der Waals surface area contributed by atoms with E-state index in [4.69, 9.17) is 0 Å². The van der Waals surface area contributed by atoms with Gasteiger partial charge in [0.2, 0.25) is 5.91 Å². The van der Waals surface area contributed by atoms with Gasteiger partial charge in [-0.15, -0.1) is 6.58 Å². The van der Waals surface area contributed by atoms with Crippen molar-refractivity contribution in [2.24, 2.45) is 0 Å².